The molecule has 1 amide bonds. The highest BCUT2D eigenvalue weighted by Crippen LogP contribution is 2.26. The van der Waals surface area contributed by atoms with Gasteiger partial charge in [-0.05, 0) is 67.6 Å². The quantitative estimate of drug-likeness (QED) is 0.871. The fourth-order valence-corrected chi connectivity index (χ4v) is 3.02. The van der Waals surface area contributed by atoms with Crippen molar-refractivity contribution >= 4 is 28.9 Å². The molecule has 0 saturated heterocycles. The number of aryl methyl sites for hydroxylation is 2. The largest absolute Gasteiger partial charge is 0.374 e. The van der Waals surface area contributed by atoms with E-state index in [0.29, 0.717) is 5.69 Å². The van der Waals surface area contributed by atoms with Gasteiger partial charge in [0, 0.05) is 5.69 Å². The van der Waals surface area contributed by atoms with Crippen molar-refractivity contribution in [3.63, 3.8) is 0 Å². The molecule has 3 nitrogen and oxygen atoms in total. The van der Waals surface area contributed by atoms with Crippen LogP contribution in [0.4, 0.5) is 15.8 Å². The van der Waals surface area contributed by atoms with Gasteiger partial charge in [0.05, 0.1) is 10.7 Å². The number of carbonyl (C=O) groups excluding carboxylic acids is 1. The van der Waals surface area contributed by atoms with E-state index in [4.69, 9.17) is 11.6 Å². The van der Waals surface area contributed by atoms with Gasteiger partial charge in [0.15, 0.2) is 0 Å². The maximum atomic E-state index is 13.0. The van der Waals surface area contributed by atoms with Gasteiger partial charge in [-0.2, -0.15) is 0 Å². The summed E-state index contributed by atoms with van der Waals surface area (Å²) in [5, 5.41) is 6.09. The topological polar surface area (TPSA) is 41.1 Å². The molecule has 5 heteroatoms. The first-order valence-corrected chi connectivity index (χ1v) is 8.05. The highest BCUT2D eigenvalue weighted by molar-refractivity contribution is 6.33. The molecule has 0 aromatic heterocycles. The number of hydrogen-bond donors (Lipinski definition) is 2. The first-order chi connectivity index (χ1) is 11.0. The molecule has 0 radical (unpaired) electrons. The van der Waals surface area contributed by atoms with E-state index < -0.39 is 11.9 Å². The zero-order valence-corrected chi connectivity index (χ0v) is 13.6. The first-order valence-electron chi connectivity index (χ1n) is 7.67. The number of rotatable bonds is 4. The monoisotopic (exact) mass is 332 g/mol. The summed E-state index contributed by atoms with van der Waals surface area (Å²) in [4.78, 5) is 12.3. The average molecular weight is 333 g/mol. The molecule has 23 heavy (non-hydrogen) atoms. The Bertz CT molecular complexity index is 748. The van der Waals surface area contributed by atoms with Crippen LogP contribution in [-0.2, 0) is 17.6 Å². The summed E-state index contributed by atoms with van der Waals surface area (Å²) in [6.45, 7) is 1.78. The maximum absolute atomic E-state index is 13.0. The van der Waals surface area contributed by atoms with Crippen molar-refractivity contribution in [1.29, 1.82) is 0 Å². The van der Waals surface area contributed by atoms with Crippen molar-refractivity contribution in [2.45, 2.75) is 32.2 Å². The van der Waals surface area contributed by atoms with Gasteiger partial charge < -0.3 is 10.6 Å². The Balaban J connectivity index is 1.65. The van der Waals surface area contributed by atoms with Crippen LogP contribution >= 0.6 is 11.6 Å². The lowest BCUT2D eigenvalue weighted by Gasteiger charge is -2.16. The minimum Gasteiger partial charge on any atom is -0.374 e. The highest BCUT2D eigenvalue weighted by Gasteiger charge is 2.16. The molecule has 0 aliphatic heterocycles. The zero-order chi connectivity index (χ0) is 16.4. The van der Waals surface area contributed by atoms with Crippen LogP contribution in [0.1, 0.15) is 24.5 Å². The number of halogens is 2. The molecule has 0 spiro atoms. The molecular formula is C18H18ClFN2O. The minimum absolute atomic E-state index is 0.183. The summed E-state index contributed by atoms with van der Waals surface area (Å²) in [5.74, 6) is -0.656. The Morgan fingerprint density at radius 3 is 2.74 bits per heavy atom. The molecule has 0 saturated carbocycles. The number of benzene rings is 2. The van der Waals surface area contributed by atoms with Gasteiger partial charge in [0.25, 0.3) is 0 Å². The van der Waals surface area contributed by atoms with Crippen LogP contribution in [0.2, 0.25) is 5.02 Å². The molecule has 0 heterocycles. The molecule has 1 atom stereocenters. The predicted octanol–water partition coefficient (Wildman–Crippen LogP) is 4.41. The predicted molar refractivity (Wildman–Crippen MR) is 91.6 cm³/mol. The van der Waals surface area contributed by atoms with E-state index in [1.807, 2.05) is 6.07 Å². The van der Waals surface area contributed by atoms with Crippen molar-refractivity contribution < 1.29 is 9.18 Å². The molecule has 3 rings (SSSR count). The second kappa shape index (κ2) is 6.59. The summed E-state index contributed by atoms with van der Waals surface area (Å²) >= 11 is 5.93. The minimum atomic E-state index is -0.435. The second-order valence-corrected chi connectivity index (χ2v) is 6.22. The molecule has 2 aromatic rings. The Morgan fingerprint density at radius 2 is 1.96 bits per heavy atom. The fraction of sp³-hybridized carbons (Fsp3) is 0.278. The molecule has 120 valence electrons. The molecule has 1 aliphatic carbocycles. The van der Waals surface area contributed by atoms with E-state index in [-0.39, 0.29) is 10.9 Å². The van der Waals surface area contributed by atoms with E-state index >= 15 is 0 Å². The lowest BCUT2D eigenvalue weighted by Crippen LogP contribution is -2.32. The number of carbonyl (C=O) groups is 1. The van der Waals surface area contributed by atoms with Crippen LogP contribution in [0.25, 0.3) is 0 Å². The summed E-state index contributed by atoms with van der Waals surface area (Å²) < 4.78 is 13.0. The van der Waals surface area contributed by atoms with Crippen molar-refractivity contribution in [3.8, 4) is 0 Å². The van der Waals surface area contributed by atoms with Crippen LogP contribution in [0.3, 0.4) is 0 Å². The van der Waals surface area contributed by atoms with Crippen molar-refractivity contribution in [2.24, 2.45) is 0 Å². The van der Waals surface area contributed by atoms with E-state index in [0.717, 1.165) is 18.5 Å². The van der Waals surface area contributed by atoms with Gasteiger partial charge in [-0.15, -0.1) is 0 Å². The van der Waals surface area contributed by atoms with Gasteiger partial charge in [-0.3, -0.25) is 4.79 Å². The van der Waals surface area contributed by atoms with Gasteiger partial charge in [0.2, 0.25) is 5.91 Å². The second-order valence-electron chi connectivity index (χ2n) is 5.82. The van der Waals surface area contributed by atoms with Crippen LogP contribution in [0.15, 0.2) is 36.4 Å². The number of fused-ring (bicyclic) bond motifs is 1. The summed E-state index contributed by atoms with van der Waals surface area (Å²) in [6.07, 6.45) is 3.42. The summed E-state index contributed by atoms with van der Waals surface area (Å²) in [6, 6.07) is 9.69. The van der Waals surface area contributed by atoms with Crippen molar-refractivity contribution in [3.05, 3.63) is 58.4 Å². The van der Waals surface area contributed by atoms with E-state index in [2.05, 4.69) is 22.8 Å². The molecule has 2 aromatic carbocycles. The fourth-order valence-electron chi connectivity index (χ4n) is 2.81. The smallest absolute Gasteiger partial charge is 0.246 e. The molecule has 2 N–H and O–H groups in total. The molecule has 0 fully saturated rings. The molecule has 0 bridgehead atoms. The maximum Gasteiger partial charge on any atom is 0.246 e. The van der Waals surface area contributed by atoms with Crippen molar-refractivity contribution in [1.82, 2.24) is 0 Å². The van der Waals surface area contributed by atoms with E-state index in [1.165, 1.54) is 35.7 Å². The van der Waals surface area contributed by atoms with Crippen LogP contribution < -0.4 is 10.6 Å². The van der Waals surface area contributed by atoms with E-state index in [9.17, 15) is 9.18 Å². The van der Waals surface area contributed by atoms with Gasteiger partial charge in [-0.1, -0.05) is 17.7 Å². The first kappa shape index (κ1) is 15.8. The van der Waals surface area contributed by atoms with Gasteiger partial charge >= 0.3 is 0 Å². The standard InChI is InChI=1S/C18H18ClFN2O/c1-11(18(23)22-17-8-6-14(20)10-16(17)19)21-15-7-5-12-3-2-4-13(12)9-15/h5-11,21H,2-4H2,1H3,(H,22,23)/t11-/m1/s1. The van der Waals surface area contributed by atoms with Crippen LogP contribution in [0.5, 0.6) is 0 Å². The average Bonchev–Trinajstić information content (AvgIpc) is 2.97. The lowest BCUT2D eigenvalue weighted by atomic mass is 10.1. The van der Waals surface area contributed by atoms with Gasteiger partial charge in [-0.25, -0.2) is 4.39 Å². The molecular weight excluding hydrogens is 315 g/mol. The number of nitrogens with one attached hydrogen (secondary N) is 2. The normalized spacial score (nSPS) is 14.2. The Morgan fingerprint density at radius 1 is 1.17 bits per heavy atom. The van der Waals surface area contributed by atoms with Gasteiger partial charge in [0.1, 0.15) is 11.9 Å². The number of hydrogen-bond acceptors (Lipinski definition) is 2. The lowest BCUT2D eigenvalue weighted by molar-refractivity contribution is -0.116. The Hall–Kier alpha value is -2.07. The number of amides is 1. The highest BCUT2D eigenvalue weighted by atomic mass is 35.5. The van der Waals surface area contributed by atoms with E-state index in [1.54, 1.807) is 6.92 Å². The zero-order valence-electron chi connectivity index (χ0n) is 12.8. The SMILES string of the molecule is C[C@@H](Nc1ccc2c(c1)CCC2)C(=O)Nc1ccc(F)cc1Cl. The molecule has 1 aliphatic rings. The summed E-state index contributed by atoms with van der Waals surface area (Å²) in [7, 11) is 0. The Labute approximate surface area is 139 Å². The van der Waals surface area contributed by atoms with Crippen LogP contribution in [0, 0.1) is 5.82 Å². The molecule has 0 unspecified atom stereocenters. The van der Waals surface area contributed by atoms with Crippen molar-refractivity contribution in [2.75, 3.05) is 10.6 Å². The van der Waals surface area contributed by atoms with Crippen LogP contribution in [-0.4, -0.2) is 11.9 Å². The Kier molecular flexibility index (Phi) is 4.53. The third-order valence-corrected chi connectivity index (χ3v) is 4.38. The third kappa shape index (κ3) is 3.64. The summed E-state index contributed by atoms with van der Waals surface area (Å²) in [5.41, 5.74) is 4.08. The number of anilines is 2. The third-order valence-electron chi connectivity index (χ3n) is 4.06.